The SMILES string of the molecule is COc1ccc(C(=O)Oc2cccc(/C=N\NC(=O)c3cccnc3)c2)cc1. The molecule has 28 heavy (non-hydrogen) atoms. The number of methoxy groups -OCH3 is 1. The standard InChI is InChI=1S/C21H17N3O4/c1-27-18-9-7-16(8-10-18)21(26)28-19-6-2-4-15(12-19)13-23-24-20(25)17-5-3-11-22-14-17/h2-14H,1H3,(H,24,25)/b23-13-. The lowest BCUT2D eigenvalue weighted by Crippen LogP contribution is -2.17. The molecule has 0 aliphatic rings. The smallest absolute Gasteiger partial charge is 0.343 e. The molecule has 0 atom stereocenters. The van der Waals surface area contributed by atoms with Crippen molar-refractivity contribution in [1.82, 2.24) is 10.4 Å². The lowest BCUT2D eigenvalue weighted by Gasteiger charge is -2.06. The number of ether oxygens (including phenoxy) is 2. The number of benzene rings is 2. The highest BCUT2D eigenvalue weighted by Crippen LogP contribution is 2.16. The van der Waals surface area contributed by atoms with E-state index in [2.05, 4.69) is 15.5 Å². The van der Waals surface area contributed by atoms with E-state index in [0.29, 0.717) is 28.2 Å². The average Bonchev–Trinajstić information content (AvgIpc) is 2.74. The first-order valence-corrected chi connectivity index (χ1v) is 8.35. The highest BCUT2D eigenvalue weighted by Gasteiger charge is 2.09. The van der Waals surface area contributed by atoms with E-state index in [1.54, 1.807) is 74.0 Å². The Kier molecular flexibility index (Phi) is 6.10. The highest BCUT2D eigenvalue weighted by atomic mass is 16.5. The zero-order valence-electron chi connectivity index (χ0n) is 15.0. The van der Waals surface area contributed by atoms with Crippen molar-refractivity contribution in [2.45, 2.75) is 0 Å². The third kappa shape index (κ3) is 5.01. The molecule has 0 radical (unpaired) electrons. The third-order valence-corrected chi connectivity index (χ3v) is 3.70. The number of hydrazone groups is 1. The zero-order valence-corrected chi connectivity index (χ0v) is 15.0. The number of nitrogens with one attached hydrogen (secondary N) is 1. The fraction of sp³-hybridized carbons (Fsp3) is 0.0476. The van der Waals surface area contributed by atoms with Gasteiger partial charge in [-0.3, -0.25) is 9.78 Å². The van der Waals surface area contributed by atoms with Gasteiger partial charge in [-0.2, -0.15) is 5.10 Å². The van der Waals surface area contributed by atoms with Crippen molar-refractivity contribution in [3.05, 3.63) is 89.7 Å². The molecular weight excluding hydrogens is 358 g/mol. The Balaban J connectivity index is 1.61. The molecule has 7 nitrogen and oxygen atoms in total. The molecule has 0 aliphatic carbocycles. The Hall–Kier alpha value is -4.00. The largest absolute Gasteiger partial charge is 0.497 e. The molecule has 0 saturated carbocycles. The molecule has 1 amide bonds. The van der Waals surface area contributed by atoms with E-state index in [4.69, 9.17) is 9.47 Å². The third-order valence-electron chi connectivity index (χ3n) is 3.70. The van der Waals surface area contributed by atoms with Crippen LogP contribution in [0, 0.1) is 0 Å². The molecule has 7 heteroatoms. The summed E-state index contributed by atoms with van der Waals surface area (Å²) in [6.45, 7) is 0. The van der Waals surface area contributed by atoms with Crippen LogP contribution < -0.4 is 14.9 Å². The van der Waals surface area contributed by atoms with Crippen LogP contribution in [0.2, 0.25) is 0 Å². The van der Waals surface area contributed by atoms with Crippen molar-refractivity contribution < 1.29 is 19.1 Å². The van der Waals surface area contributed by atoms with Crippen LogP contribution in [0.5, 0.6) is 11.5 Å². The van der Waals surface area contributed by atoms with Crippen LogP contribution in [0.3, 0.4) is 0 Å². The van der Waals surface area contributed by atoms with Gasteiger partial charge in [0, 0.05) is 12.4 Å². The van der Waals surface area contributed by atoms with Gasteiger partial charge < -0.3 is 9.47 Å². The summed E-state index contributed by atoms with van der Waals surface area (Å²) in [6, 6.07) is 16.7. The maximum Gasteiger partial charge on any atom is 0.343 e. The van der Waals surface area contributed by atoms with Gasteiger partial charge in [0.25, 0.3) is 5.91 Å². The first-order chi connectivity index (χ1) is 13.7. The quantitative estimate of drug-likeness (QED) is 0.309. The van der Waals surface area contributed by atoms with Crippen molar-refractivity contribution >= 4 is 18.1 Å². The number of rotatable bonds is 6. The summed E-state index contributed by atoms with van der Waals surface area (Å²) < 4.78 is 10.4. The molecule has 140 valence electrons. The van der Waals surface area contributed by atoms with E-state index in [1.807, 2.05) is 0 Å². The van der Waals surface area contributed by atoms with Crippen LogP contribution in [0.1, 0.15) is 26.3 Å². The lowest BCUT2D eigenvalue weighted by atomic mass is 10.2. The molecule has 3 rings (SSSR count). The van der Waals surface area contributed by atoms with Crippen LogP contribution in [-0.2, 0) is 0 Å². The summed E-state index contributed by atoms with van der Waals surface area (Å²) in [5.74, 6) is 0.166. The fourth-order valence-corrected chi connectivity index (χ4v) is 2.28. The number of carbonyl (C=O) groups is 2. The van der Waals surface area contributed by atoms with Gasteiger partial charge in [-0.05, 0) is 54.1 Å². The second-order valence-corrected chi connectivity index (χ2v) is 5.63. The van der Waals surface area contributed by atoms with Crippen molar-refractivity contribution in [3.8, 4) is 11.5 Å². The van der Waals surface area contributed by atoms with Gasteiger partial charge in [0.1, 0.15) is 11.5 Å². The van der Waals surface area contributed by atoms with Crippen molar-refractivity contribution in [3.63, 3.8) is 0 Å². The van der Waals surface area contributed by atoms with Crippen LogP contribution in [-0.4, -0.2) is 30.2 Å². The van der Waals surface area contributed by atoms with E-state index < -0.39 is 5.97 Å². The molecule has 0 bridgehead atoms. The van der Waals surface area contributed by atoms with Gasteiger partial charge >= 0.3 is 5.97 Å². The van der Waals surface area contributed by atoms with Crippen LogP contribution in [0.15, 0.2) is 78.2 Å². The summed E-state index contributed by atoms with van der Waals surface area (Å²) in [5, 5.41) is 3.91. The molecule has 0 saturated heterocycles. The molecule has 2 aromatic carbocycles. The summed E-state index contributed by atoms with van der Waals surface area (Å²) in [5.41, 5.74) is 3.88. The number of pyridine rings is 1. The Morgan fingerprint density at radius 3 is 2.54 bits per heavy atom. The van der Waals surface area contributed by atoms with Gasteiger partial charge in [0.2, 0.25) is 0 Å². The van der Waals surface area contributed by atoms with Gasteiger partial charge in [-0.1, -0.05) is 12.1 Å². The number of hydrogen-bond donors (Lipinski definition) is 1. The van der Waals surface area contributed by atoms with Crippen LogP contribution in [0.25, 0.3) is 0 Å². The van der Waals surface area contributed by atoms with Gasteiger partial charge in [0.15, 0.2) is 0 Å². The number of amides is 1. The van der Waals surface area contributed by atoms with Crippen molar-refractivity contribution in [2.75, 3.05) is 7.11 Å². The average molecular weight is 375 g/mol. The second kappa shape index (κ2) is 9.09. The molecule has 1 heterocycles. The molecule has 0 unspecified atom stereocenters. The molecule has 0 aliphatic heterocycles. The number of esters is 1. The van der Waals surface area contributed by atoms with E-state index in [0.717, 1.165) is 0 Å². The van der Waals surface area contributed by atoms with Crippen molar-refractivity contribution in [2.24, 2.45) is 5.10 Å². The summed E-state index contributed by atoms with van der Waals surface area (Å²) in [7, 11) is 1.56. The predicted molar refractivity (Wildman–Crippen MR) is 104 cm³/mol. The maximum atomic E-state index is 12.2. The van der Waals surface area contributed by atoms with E-state index in [-0.39, 0.29) is 5.91 Å². The number of aromatic nitrogens is 1. The normalized spacial score (nSPS) is 10.5. The van der Waals surface area contributed by atoms with Crippen LogP contribution >= 0.6 is 0 Å². The Morgan fingerprint density at radius 1 is 1.00 bits per heavy atom. The second-order valence-electron chi connectivity index (χ2n) is 5.63. The lowest BCUT2D eigenvalue weighted by molar-refractivity contribution is 0.0734. The molecule has 3 aromatic rings. The Labute approximate surface area is 161 Å². The minimum atomic E-state index is -0.485. The fourth-order valence-electron chi connectivity index (χ4n) is 2.28. The maximum absolute atomic E-state index is 12.2. The molecule has 1 N–H and O–H groups in total. The first-order valence-electron chi connectivity index (χ1n) is 8.35. The van der Waals surface area contributed by atoms with E-state index in [1.165, 1.54) is 12.4 Å². The summed E-state index contributed by atoms with van der Waals surface area (Å²) in [4.78, 5) is 28.0. The molecular formula is C21H17N3O4. The van der Waals surface area contributed by atoms with E-state index >= 15 is 0 Å². The zero-order chi connectivity index (χ0) is 19.8. The monoisotopic (exact) mass is 375 g/mol. The predicted octanol–water partition coefficient (Wildman–Crippen LogP) is 3.07. The van der Waals surface area contributed by atoms with E-state index in [9.17, 15) is 9.59 Å². The van der Waals surface area contributed by atoms with Gasteiger partial charge in [-0.15, -0.1) is 0 Å². The Bertz CT molecular complexity index is 986. The number of carbonyl (C=O) groups excluding carboxylic acids is 2. The summed E-state index contributed by atoms with van der Waals surface area (Å²) >= 11 is 0. The number of hydrogen-bond acceptors (Lipinski definition) is 6. The van der Waals surface area contributed by atoms with Crippen molar-refractivity contribution in [1.29, 1.82) is 0 Å². The minimum Gasteiger partial charge on any atom is -0.497 e. The number of nitrogens with zero attached hydrogens (tertiary/aromatic N) is 2. The topological polar surface area (TPSA) is 89.9 Å². The van der Waals surface area contributed by atoms with Gasteiger partial charge in [-0.25, -0.2) is 10.2 Å². The van der Waals surface area contributed by atoms with Crippen LogP contribution in [0.4, 0.5) is 0 Å². The highest BCUT2D eigenvalue weighted by molar-refractivity contribution is 5.94. The Morgan fingerprint density at radius 2 is 1.82 bits per heavy atom. The molecule has 0 fully saturated rings. The van der Waals surface area contributed by atoms with Gasteiger partial charge in [0.05, 0.1) is 24.5 Å². The minimum absolute atomic E-state index is 0.364. The molecule has 0 spiro atoms. The first kappa shape index (κ1) is 18.8. The molecule has 1 aromatic heterocycles. The summed E-state index contributed by atoms with van der Waals surface area (Å²) in [6.07, 6.45) is 4.49.